The summed E-state index contributed by atoms with van der Waals surface area (Å²) in [5.74, 6) is 0. The van der Waals surface area contributed by atoms with Gasteiger partial charge in [-0.05, 0) is 30.3 Å². The molecule has 3 aromatic carbocycles. The molecule has 0 heterocycles. The van der Waals surface area contributed by atoms with Crippen molar-refractivity contribution in [1.82, 2.24) is 0 Å². The van der Waals surface area contributed by atoms with E-state index < -0.39 is 87.9 Å². The number of nitrogens with one attached hydrogen (secondary N) is 1. The van der Waals surface area contributed by atoms with Crippen molar-refractivity contribution in [3.63, 3.8) is 0 Å². The first-order valence-electron chi connectivity index (χ1n) is 8.48. The number of hydrogen-bond acceptors (Lipinski definition) is 10. The minimum Gasteiger partial charge on any atom is -0.397 e. The van der Waals surface area contributed by atoms with Crippen molar-refractivity contribution in [2.45, 2.75) is 19.6 Å². The zero-order valence-electron chi connectivity index (χ0n) is 16.3. The van der Waals surface area contributed by atoms with Gasteiger partial charge in [-0.1, -0.05) is 12.1 Å². The first-order chi connectivity index (χ1) is 15.3. The summed E-state index contributed by atoms with van der Waals surface area (Å²) in [5.41, 5.74) is 3.96. The molecule has 3 aromatic rings. The highest BCUT2D eigenvalue weighted by Gasteiger charge is 2.26. The molecule has 7 N–H and O–H groups in total. The molecule has 0 aliphatic carbocycles. The van der Waals surface area contributed by atoms with E-state index in [2.05, 4.69) is 5.32 Å². The third kappa shape index (κ3) is 4.98. The molecule has 3 rings (SSSR count). The summed E-state index contributed by atoms with van der Waals surface area (Å²) in [4.78, 5) is -3.55. The Balaban J connectivity index is 2.51. The molecule has 0 aliphatic heterocycles. The predicted molar refractivity (Wildman–Crippen MR) is 117 cm³/mol. The Labute approximate surface area is 193 Å². The van der Waals surface area contributed by atoms with Crippen LogP contribution in [-0.2, 0) is 40.5 Å². The van der Waals surface area contributed by atoms with E-state index in [0.29, 0.717) is 24.3 Å². The molecule has 0 spiro atoms. The van der Waals surface area contributed by atoms with Crippen molar-refractivity contribution in [3.05, 3.63) is 42.5 Å². The predicted octanol–water partition coefficient (Wildman–Crippen LogP) is 1.15. The van der Waals surface area contributed by atoms with Crippen LogP contribution in [-0.4, -0.2) is 51.9 Å². The van der Waals surface area contributed by atoms with Gasteiger partial charge in [-0.25, -0.2) is 0 Å². The van der Waals surface area contributed by atoms with Gasteiger partial charge in [0.2, 0.25) is 0 Å². The molecule has 0 unspecified atom stereocenters. The van der Waals surface area contributed by atoms with Gasteiger partial charge in [0.15, 0.2) is 0 Å². The molecule has 14 nitrogen and oxygen atoms in total. The van der Waals surface area contributed by atoms with Gasteiger partial charge in [0.25, 0.3) is 40.5 Å². The zero-order valence-corrected chi connectivity index (χ0v) is 19.6. The van der Waals surface area contributed by atoms with Crippen molar-refractivity contribution in [3.8, 4) is 0 Å². The fraction of sp³-hybridized carbons (Fsp3) is 0. The molecule has 0 aromatic heterocycles. The van der Waals surface area contributed by atoms with E-state index in [0.717, 1.165) is 18.2 Å². The van der Waals surface area contributed by atoms with Gasteiger partial charge in [-0.15, -0.1) is 0 Å². The van der Waals surface area contributed by atoms with Crippen LogP contribution in [0.15, 0.2) is 62.0 Å². The van der Waals surface area contributed by atoms with Crippen LogP contribution in [0.3, 0.4) is 0 Å². The molecule has 0 bridgehead atoms. The summed E-state index contributed by atoms with van der Waals surface area (Å²) in [5, 5.41) is 1.20. The van der Waals surface area contributed by atoms with Gasteiger partial charge in [-0.2, -0.15) is 33.7 Å². The van der Waals surface area contributed by atoms with E-state index in [9.17, 15) is 51.9 Å². The molecule has 0 amide bonds. The van der Waals surface area contributed by atoms with Gasteiger partial charge >= 0.3 is 0 Å². The van der Waals surface area contributed by atoms with E-state index in [1.54, 1.807) is 0 Å². The van der Waals surface area contributed by atoms with Gasteiger partial charge in [0.05, 0.1) is 22.0 Å². The van der Waals surface area contributed by atoms with E-state index in [4.69, 9.17) is 5.73 Å². The minimum atomic E-state index is -5.07. The summed E-state index contributed by atoms with van der Waals surface area (Å²) in [6, 6.07) is 5.42. The van der Waals surface area contributed by atoms with Gasteiger partial charge in [-0.3, -0.25) is 18.2 Å². The Morgan fingerprint density at radius 1 is 0.647 bits per heavy atom. The van der Waals surface area contributed by atoms with Crippen LogP contribution in [0.4, 0.5) is 17.1 Å². The molecule has 0 saturated heterocycles. The van der Waals surface area contributed by atoms with Crippen molar-refractivity contribution in [2.24, 2.45) is 0 Å². The number of rotatable bonds is 6. The third-order valence-corrected chi connectivity index (χ3v) is 8.01. The average molecular weight is 555 g/mol. The topological polar surface area (TPSA) is 256 Å². The lowest BCUT2D eigenvalue weighted by Crippen LogP contribution is -2.10. The molecule has 18 heteroatoms. The van der Waals surface area contributed by atoms with Crippen LogP contribution >= 0.6 is 0 Å². The maximum Gasteiger partial charge on any atom is 0.296 e. The number of nitrogens with two attached hydrogens (primary N) is 1. The van der Waals surface area contributed by atoms with Crippen LogP contribution < -0.4 is 11.1 Å². The summed E-state index contributed by atoms with van der Waals surface area (Å²) < 4.78 is 132. The van der Waals surface area contributed by atoms with Gasteiger partial charge in [0, 0.05) is 10.8 Å². The molecule has 0 aliphatic rings. The van der Waals surface area contributed by atoms with Crippen LogP contribution in [0.25, 0.3) is 10.8 Å². The fourth-order valence-electron chi connectivity index (χ4n) is 3.12. The lowest BCUT2D eigenvalue weighted by Gasteiger charge is -2.18. The maximum absolute atomic E-state index is 12.0. The number of nitrogen functional groups attached to an aromatic ring is 1. The van der Waals surface area contributed by atoms with E-state index >= 15 is 0 Å². The zero-order chi connectivity index (χ0) is 25.9. The average Bonchev–Trinajstić information content (AvgIpc) is 2.66. The molecular formula is C16H14N2O12S4. The Bertz CT molecular complexity index is 1780. The Morgan fingerprint density at radius 2 is 1.21 bits per heavy atom. The van der Waals surface area contributed by atoms with Crippen LogP contribution in [0, 0.1) is 0 Å². The maximum atomic E-state index is 12.0. The SMILES string of the molecule is Nc1cc(S(=O)(=O)O)c2cccc(S(=O)(=O)O)c2c1Nc1cc(S(=O)(=O)O)ccc1S(=O)(=O)O. The first kappa shape index (κ1) is 25.8. The quantitative estimate of drug-likeness (QED) is 0.185. The summed E-state index contributed by atoms with van der Waals surface area (Å²) in [6.07, 6.45) is 0. The normalized spacial score (nSPS) is 13.2. The monoisotopic (exact) mass is 554 g/mol. The molecule has 184 valence electrons. The molecule has 0 atom stereocenters. The Kier molecular flexibility index (Phi) is 6.16. The highest BCUT2D eigenvalue weighted by atomic mass is 32.2. The lowest BCUT2D eigenvalue weighted by atomic mass is 10.1. The molecule has 0 radical (unpaired) electrons. The molecular weight excluding hydrogens is 540 g/mol. The largest absolute Gasteiger partial charge is 0.397 e. The van der Waals surface area contributed by atoms with Crippen LogP contribution in [0.2, 0.25) is 0 Å². The summed E-state index contributed by atoms with van der Waals surface area (Å²) >= 11 is 0. The van der Waals surface area contributed by atoms with Gasteiger partial charge < -0.3 is 11.1 Å². The number of hydrogen-bond donors (Lipinski definition) is 6. The summed E-state index contributed by atoms with van der Waals surface area (Å²) in [6.45, 7) is 0. The van der Waals surface area contributed by atoms with E-state index in [1.807, 2.05) is 0 Å². The van der Waals surface area contributed by atoms with Crippen molar-refractivity contribution < 1.29 is 51.9 Å². The first-order valence-corrected chi connectivity index (χ1v) is 14.2. The second-order valence-corrected chi connectivity index (χ2v) is 12.3. The third-order valence-electron chi connectivity index (χ3n) is 4.46. The number of fused-ring (bicyclic) bond motifs is 1. The molecule has 34 heavy (non-hydrogen) atoms. The fourth-order valence-corrected chi connectivity index (χ4v) is 5.70. The number of benzene rings is 3. The van der Waals surface area contributed by atoms with Crippen molar-refractivity contribution in [2.75, 3.05) is 11.1 Å². The van der Waals surface area contributed by atoms with Crippen LogP contribution in [0.1, 0.15) is 0 Å². The number of anilines is 3. The standard InChI is InChI=1S/C16H14N2O12S4/c17-10-7-14(34(28,29)30)9-2-1-3-13(33(25,26)27)15(9)16(10)18-11-6-8(31(19,20)21)4-5-12(11)32(22,23)24/h1-7,18H,17H2,(H,19,20,21)(H,22,23,24)(H,25,26,27)(H,28,29,30). The van der Waals surface area contributed by atoms with Crippen molar-refractivity contribution in [1.29, 1.82) is 0 Å². The Hall–Kier alpha value is -2.84. The lowest BCUT2D eigenvalue weighted by molar-refractivity contribution is 0.479. The smallest absolute Gasteiger partial charge is 0.296 e. The highest BCUT2D eigenvalue weighted by Crippen LogP contribution is 2.41. The van der Waals surface area contributed by atoms with Crippen LogP contribution in [0.5, 0.6) is 0 Å². The van der Waals surface area contributed by atoms with E-state index in [-0.39, 0.29) is 0 Å². The van der Waals surface area contributed by atoms with Crippen molar-refractivity contribution >= 4 is 68.3 Å². The second-order valence-electron chi connectivity index (χ2n) is 6.70. The second kappa shape index (κ2) is 8.13. The Morgan fingerprint density at radius 3 is 1.71 bits per heavy atom. The highest BCUT2D eigenvalue weighted by molar-refractivity contribution is 7.87. The van der Waals surface area contributed by atoms with E-state index in [1.165, 1.54) is 0 Å². The van der Waals surface area contributed by atoms with Gasteiger partial charge in [0.1, 0.15) is 14.7 Å². The molecule has 0 fully saturated rings. The molecule has 0 saturated carbocycles. The minimum absolute atomic E-state index is 0.478. The summed E-state index contributed by atoms with van der Waals surface area (Å²) in [7, 11) is -20.0.